The summed E-state index contributed by atoms with van der Waals surface area (Å²) in [5.74, 6) is 0. The molecule has 0 bridgehead atoms. The molecule has 0 saturated carbocycles. The molecule has 15 heavy (non-hydrogen) atoms. The summed E-state index contributed by atoms with van der Waals surface area (Å²) in [6.45, 7) is 0. The monoisotopic (exact) mass is 266 g/mol. The Morgan fingerprint density at radius 2 is 1.47 bits per heavy atom. The van der Waals surface area contributed by atoms with E-state index in [9.17, 15) is 8.42 Å². The molecule has 0 atom stereocenters. The van der Waals surface area contributed by atoms with Crippen molar-refractivity contribution in [2.75, 3.05) is 0 Å². The van der Waals surface area contributed by atoms with E-state index in [1.165, 1.54) is 12.1 Å². The first kappa shape index (κ1) is 14.1. The second kappa shape index (κ2) is 6.58. The summed E-state index contributed by atoms with van der Waals surface area (Å²) in [6.07, 6.45) is 0. The molecule has 0 unspecified atom stereocenters. The van der Waals surface area contributed by atoms with Crippen LogP contribution < -0.4 is 0 Å². The maximum absolute atomic E-state index is 10.2. The molecule has 0 radical (unpaired) electrons. The van der Waals surface area contributed by atoms with Crippen LogP contribution >= 0.6 is 0 Å². The van der Waals surface area contributed by atoms with Gasteiger partial charge >= 0.3 is 17.1 Å². The van der Waals surface area contributed by atoms with E-state index in [0.29, 0.717) is 0 Å². The van der Waals surface area contributed by atoms with Gasteiger partial charge in [-0.25, -0.2) is 32.7 Å². The van der Waals surface area contributed by atoms with Gasteiger partial charge in [0.05, 0.1) is 0 Å². The molecule has 0 saturated heterocycles. The number of rotatable bonds is 1. The maximum Gasteiger partial charge on any atom is 2.00 e. The molecule has 3 nitrogen and oxygen atoms in total. The van der Waals surface area contributed by atoms with Crippen LogP contribution in [0.25, 0.3) is 0 Å². The Kier molecular flexibility index (Phi) is 6.20. The Morgan fingerprint density at radius 1 is 1.00 bits per heavy atom. The average molecular weight is 266 g/mol. The predicted octanol–water partition coefficient (Wildman–Crippen LogP) is 2.06. The number of hydrogen-bond donors (Lipinski definition) is 1. The molecule has 0 spiro atoms. The van der Waals surface area contributed by atoms with E-state index in [1.54, 1.807) is 12.1 Å². The SMILES string of the molecule is O=S(=O)(O)[c-]1cccc1.[Fe+2].c1cc[cH-]c1. The molecule has 0 aliphatic heterocycles. The van der Waals surface area contributed by atoms with Crippen molar-refractivity contribution in [3.63, 3.8) is 0 Å². The zero-order valence-corrected chi connectivity index (χ0v) is 9.64. The summed E-state index contributed by atoms with van der Waals surface area (Å²) >= 11 is 0. The van der Waals surface area contributed by atoms with E-state index < -0.39 is 10.1 Å². The van der Waals surface area contributed by atoms with Gasteiger partial charge in [-0.05, 0) is 4.90 Å². The van der Waals surface area contributed by atoms with Gasteiger partial charge < -0.3 is 0 Å². The molecular formula is C10H10FeO3S. The van der Waals surface area contributed by atoms with Gasteiger partial charge in [0, 0.05) is 0 Å². The van der Waals surface area contributed by atoms with Crippen molar-refractivity contribution in [3.05, 3.63) is 54.6 Å². The van der Waals surface area contributed by atoms with E-state index in [4.69, 9.17) is 4.55 Å². The third-order valence-corrected chi connectivity index (χ3v) is 2.35. The topological polar surface area (TPSA) is 54.4 Å². The molecule has 82 valence electrons. The van der Waals surface area contributed by atoms with E-state index in [1.807, 2.05) is 30.3 Å². The van der Waals surface area contributed by atoms with Crippen molar-refractivity contribution in [1.29, 1.82) is 0 Å². The van der Waals surface area contributed by atoms with Crippen molar-refractivity contribution >= 4 is 10.1 Å². The van der Waals surface area contributed by atoms with Crippen LogP contribution in [0.2, 0.25) is 0 Å². The van der Waals surface area contributed by atoms with Crippen LogP contribution in [0.5, 0.6) is 0 Å². The standard InChI is InChI=1S/C5H5O3S.C5H5.Fe/c6-9(7,8)5-3-1-2-4-5;1-2-4-5-3-1;/h1-4H,(H,6,7,8);1-5H;/q2*-1;+2. The first-order chi connectivity index (χ1) is 6.61. The quantitative estimate of drug-likeness (QED) is 0.488. The summed E-state index contributed by atoms with van der Waals surface area (Å²) in [6, 6.07) is 15.7. The van der Waals surface area contributed by atoms with Crippen molar-refractivity contribution in [2.45, 2.75) is 4.90 Å². The minimum atomic E-state index is -3.96. The van der Waals surface area contributed by atoms with Gasteiger partial charge in [0.15, 0.2) is 0 Å². The normalized spacial score (nSPS) is 9.67. The Morgan fingerprint density at radius 3 is 1.67 bits per heavy atom. The number of hydrogen-bond acceptors (Lipinski definition) is 2. The smallest absolute Gasteiger partial charge is 0.291 e. The van der Waals surface area contributed by atoms with Crippen LogP contribution in [-0.4, -0.2) is 13.0 Å². The molecule has 2 aromatic rings. The zero-order valence-electron chi connectivity index (χ0n) is 7.72. The van der Waals surface area contributed by atoms with Crippen molar-refractivity contribution in [1.82, 2.24) is 0 Å². The van der Waals surface area contributed by atoms with E-state index >= 15 is 0 Å². The third-order valence-electron chi connectivity index (χ3n) is 1.49. The van der Waals surface area contributed by atoms with E-state index in [-0.39, 0.29) is 22.0 Å². The molecule has 0 fully saturated rings. The first-order valence-electron chi connectivity index (χ1n) is 3.96. The summed E-state index contributed by atoms with van der Waals surface area (Å²) in [4.78, 5) is -0.0532. The summed E-state index contributed by atoms with van der Waals surface area (Å²) in [5, 5.41) is 0. The van der Waals surface area contributed by atoms with Gasteiger partial charge in [-0.1, -0.05) is 0 Å². The summed E-state index contributed by atoms with van der Waals surface area (Å²) in [5.41, 5.74) is 0. The van der Waals surface area contributed by atoms with Gasteiger partial charge in [0.25, 0.3) is 0 Å². The molecule has 0 heterocycles. The Balaban J connectivity index is 0.000000280. The minimum Gasteiger partial charge on any atom is -0.291 e. The average Bonchev–Trinajstić information content (AvgIpc) is 2.80. The van der Waals surface area contributed by atoms with Crippen LogP contribution in [0.4, 0.5) is 0 Å². The second-order valence-electron chi connectivity index (χ2n) is 2.56. The molecule has 0 aliphatic rings. The van der Waals surface area contributed by atoms with Crippen LogP contribution in [-0.2, 0) is 27.2 Å². The predicted molar refractivity (Wildman–Crippen MR) is 53.9 cm³/mol. The molecule has 2 aromatic carbocycles. The molecule has 0 aliphatic carbocycles. The summed E-state index contributed by atoms with van der Waals surface area (Å²) < 4.78 is 28.8. The minimum absolute atomic E-state index is 0. The van der Waals surface area contributed by atoms with E-state index in [2.05, 4.69) is 0 Å². The van der Waals surface area contributed by atoms with Crippen LogP contribution in [0.3, 0.4) is 0 Å². The van der Waals surface area contributed by atoms with Gasteiger partial charge in [0.1, 0.15) is 0 Å². The van der Waals surface area contributed by atoms with Crippen LogP contribution in [0.1, 0.15) is 0 Å². The Bertz CT molecular complexity index is 412. The van der Waals surface area contributed by atoms with E-state index in [0.717, 1.165) is 0 Å². The third kappa shape index (κ3) is 5.54. The van der Waals surface area contributed by atoms with Gasteiger partial charge in [-0.3, -0.25) is 4.55 Å². The van der Waals surface area contributed by atoms with Crippen molar-refractivity contribution in [3.8, 4) is 0 Å². The fourth-order valence-electron chi connectivity index (χ4n) is 0.849. The second-order valence-corrected chi connectivity index (χ2v) is 3.98. The summed E-state index contributed by atoms with van der Waals surface area (Å²) in [7, 11) is -3.96. The molecule has 0 amide bonds. The molecule has 0 aromatic heterocycles. The Hall–Kier alpha value is -0.871. The fourth-order valence-corrected chi connectivity index (χ4v) is 1.35. The van der Waals surface area contributed by atoms with Crippen molar-refractivity contribution in [2.24, 2.45) is 0 Å². The molecule has 2 rings (SSSR count). The Labute approximate surface area is 99.7 Å². The molecule has 5 heteroatoms. The first-order valence-corrected chi connectivity index (χ1v) is 5.40. The van der Waals surface area contributed by atoms with Gasteiger partial charge in [-0.2, -0.15) is 30.3 Å². The van der Waals surface area contributed by atoms with Gasteiger partial charge in [-0.15, -0.1) is 0 Å². The maximum atomic E-state index is 10.2. The van der Waals surface area contributed by atoms with Crippen LogP contribution in [0, 0.1) is 0 Å². The zero-order chi connectivity index (χ0) is 10.4. The largest absolute Gasteiger partial charge is 2.00 e. The van der Waals surface area contributed by atoms with Crippen LogP contribution in [0.15, 0.2) is 59.5 Å². The molecule has 1 N–H and O–H groups in total. The fraction of sp³-hybridized carbons (Fsp3) is 0. The van der Waals surface area contributed by atoms with Crippen molar-refractivity contribution < 1.29 is 30.0 Å². The molecular weight excluding hydrogens is 256 g/mol. The van der Waals surface area contributed by atoms with Gasteiger partial charge in [0.2, 0.25) is 10.1 Å².